The predicted octanol–water partition coefficient (Wildman–Crippen LogP) is 0.220. The smallest absolute Gasteiger partial charge is 0.328 e. The molecule has 2 N–H and O–H groups in total. The van der Waals surface area contributed by atoms with Gasteiger partial charge in [0.25, 0.3) is 5.56 Å². The van der Waals surface area contributed by atoms with Crippen LogP contribution in [0.3, 0.4) is 0 Å². The third-order valence-electron chi connectivity index (χ3n) is 3.21. The highest BCUT2D eigenvalue weighted by atomic mass is 16.3. The largest absolute Gasteiger partial charge is 0.393 e. The van der Waals surface area contributed by atoms with Gasteiger partial charge in [-0.05, 0) is 25.3 Å². The summed E-state index contributed by atoms with van der Waals surface area (Å²) in [6.45, 7) is 1.60. The van der Waals surface area contributed by atoms with Gasteiger partial charge in [0.1, 0.15) is 0 Å². The lowest BCUT2D eigenvalue weighted by atomic mass is 10.2. The van der Waals surface area contributed by atoms with Crippen molar-refractivity contribution in [2.45, 2.75) is 38.0 Å². The Kier molecular flexibility index (Phi) is 3.22. The SMILES string of the molecule is Cc1cn([C@@H]2C[C@@H](O)[C@H](N=[N+]=[N-])C2)c(=O)[nH]c1=O. The number of nitrogens with one attached hydrogen (secondary N) is 1. The molecule has 0 spiro atoms. The number of azide groups is 1. The van der Waals surface area contributed by atoms with Crippen LogP contribution in [-0.4, -0.2) is 26.8 Å². The number of rotatable bonds is 2. The zero-order valence-electron chi connectivity index (χ0n) is 9.78. The number of H-pyrrole nitrogens is 1. The van der Waals surface area contributed by atoms with Crippen LogP contribution in [0.2, 0.25) is 0 Å². The molecular formula is C10H13N5O3. The molecule has 18 heavy (non-hydrogen) atoms. The maximum absolute atomic E-state index is 11.7. The second-order valence-electron chi connectivity index (χ2n) is 4.44. The second-order valence-corrected chi connectivity index (χ2v) is 4.44. The summed E-state index contributed by atoms with van der Waals surface area (Å²) >= 11 is 0. The van der Waals surface area contributed by atoms with Crippen molar-refractivity contribution in [3.8, 4) is 0 Å². The van der Waals surface area contributed by atoms with Gasteiger partial charge in [0.15, 0.2) is 0 Å². The van der Waals surface area contributed by atoms with E-state index >= 15 is 0 Å². The van der Waals surface area contributed by atoms with Gasteiger partial charge in [0.05, 0.1) is 12.1 Å². The molecule has 1 aliphatic rings. The van der Waals surface area contributed by atoms with Crippen molar-refractivity contribution in [3.05, 3.63) is 43.0 Å². The summed E-state index contributed by atoms with van der Waals surface area (Å²) in [6.07, 6.45) is 1.42. The summed E-state index contributed by atoms with van der Waals surface area (Å²) < 4.78 is 1.38. The fourth-order valence-corrected chi connectivity index (χ4v) is 2.24. The van der Waals surface area contributed by atoms with Crippen molar-refractivity contribution in [2.75, 3.05) is 0 Å². The molecule has 0 radical (unpaired) electrons. The standard InChI is InChI=1S/C10H13N5O3/c1-5-4-15(10(18)12-9(5)17)6-2-7(13-14-11)8(16)3-6/h4,6-8,16H,2-3H2,1H3,(H,12,17,18)/t6-,7+,8+/m0/s1. The summed E-state index contributed by atoms with van der Waals surface area (Å²) in [5.74, 6) is 0. The van der Waals surface area contributed by atoms with E-state index in [1.807, 2.05) is 0 Å². The van der Waals surface area contributed by atoms with Crippen LogP contribution in [0.1, 0.15) is 24.4 Å². The van der Waals surface area contributed by atoms with E-state index in [1.54, 1.807) is 6.92 Å². The van der Waals surface area contributed by atoms with Gasteiger partial charge in [-0.3, -0.25) is 14.3 Å². The second kappa shape index (κ2) is 4.67. The number of hydrogen-bond donors (Lipinski definition) is 2. The van der Waals surface area contributed by atoms with Gasteiger partial charge >= 0.3 is 5.69 Å². The van der Waals surface area contributed by atoms with Crippen LogP contribution in [0.4, 0.5) is 0 Å². The summed E-state index contributed by atoms with van der Waals surface area (Å²) in [6, 6.07) is -0.794. The normalized spacial score (nSPS) is 26.9. The number of aliphatic hydroxyl groups excluding tert-OH is 1. The van der Waals surface area contributed by atoms with E-state index in [-0.39, 0.29) is 6.04 Å². The number of nitrogens with zero attached hydrogens (tertiary/aromatic N) is 4. The Hall–Kier alpha value is -2.05. The molecule has 0 bridgehead atoms. The molecule has 1 aromatic heterocycles. The van der Waals surface area contributed by atoms with Crippen LogP contribution in [-0.2, 0) is 0 Å². The molecule has 3 atom stereocenters. The summed E-state index contributed by atoms with van der Waals surface area (Å²) in [5, 5.41) is 13.2. The minimum atomic E-state index is -0.759. The van der Waals surface area contributed by atoms with Crippen molar-refractivity contribution in [1.82, 2.24) is 9.55 Å². The van der Waals surface area contributed by atoms with Crippen molar-refractivity contribution in [3.63, 3.8) is 0 Å². The van der Waals surface area contributed by atoms with E-state index in [1.165, 1.54) is 10.8 Å². The average Bonchev–Trinajstić information content (AvgIpc) is 2.66. The first-order chi connectivity index (χ1) is 8.52. The number of aryl methyl sites for hydroxylation is 1. The Bertz CT molecular complexity index is 613. The van der Waals surface area contributed by atoms with Crippen LogP contribution >= 0.6 is 0 Å². The monoisotopic (exact) mass is 251 g/mol. The molecule has 0 amide bonds. The van der Waals surface area contributed by atoms with Gasteiger partial charge in [0, 0.05) is 22.7 Å². The quantitative estimate of drug-likeness (QED) is 0.443. The molecule has 8 nitrogen and oxygen atoms in total. The number of aliphatic hydroxyl groups is 1. The molecule has 1 aliphatic carbocycles. The van der Waals surface area contributed by atoms with E-state index in [0.717, 1.165) is 0 Å². The van der Waals surface area contributed by atoms with E-state index in [4.69, 9.17) is 5.53 Å². The van der Waals surface area contributed by atoms with Gasteiger partial charge in [0.2, 0.25) is 0 Å². The first-order valence-electron chi connectivity index (χ1n) is 5.57. The van der Waals surface area contributed by atoms with Crippen LogP contribution in [0.5, 0.6) is 0 Å². The molecule has 0 aliphatic heterocycles. The van der Waals surface area contributed by atoms with E-state index < -0.39 is 23.4 Å². The first kappa shape index (κ1) is 12.4. The van der Waals surface area contributed by atoms with Crippen LogP contribution in [0.15, 0.2) is 20.9 Å². The lowest BCUT2D eigenvalue weighted by Gasteiger charge is -2.13. The lowest BCUT2D eigenvalue weighted by molar-refractivity contribution is 0.161. The Morgan fingerprint density at radius 2 is 2.28 bits per heavy atom. The molecule has 0 saturated heterocycles. The van der Waals surface area contributed by atoms with Crippen molar-refractivity contribution in [2.24, 2.45) is 5.11 Å². The van der Waals surface area contributed by atoms with Crippen molar-refractivity contribution < 1.29 is 5.11 Å². The van der Waals surface area contributed by atoms with E-state index in [9.17, 15) is 14.7 Å². The molecule has 1 fully saturated rings. The molecule has 1 saturated carbocycles. The molecule has 0 aromatic carbocycles. The first-order valence-corrected chi connectivity index (χ1v) is 5.57. The average molecular weight is 251 g/mol. The van der Waals surface area contributed by atoms with E-state index in [0.29, 0.717) is 18.4 Å². The highest BCUT2D eigenvalue weighted by Crippen LogP contribution is 2.31. The fourth-order valence-electron chi connectivity index (χ4n) is 2.24. The maximum Gasteiger partial charge on any atom is 0.328 e. The van der Waals surface area contributed by atoms with Crippen molar-refractivity contribution in [1.29, 1.82) is 0 Å². The predicted molar refractivity (Wildman–Crippen MR) is 63.3 cm³/mol. The molecule has 96 valence electrons. The van der Waals surface area contributed by atoms with Gasteiger partial charge in [-0.2, -0.15) is 0 Å². The molecule has 2 rings (SSSR count). The Labute approximate surface area is 102 Å². The minimum absolute atomic E-state index is 0.265. The highest BCUT2D eigenvalue weighted by Gasteiger charge is 2.33. The fraction of sp³-hybridized carbons (Fsp3) is 0.600. The Morgan fingerprint density at radius 1 is 1.56 bits per heavy atom. The molecule has 0 unspecified atom stereocenters. The Balaban J connectivity index is 2.35. The molecule has 1 aromatic rings. The number of aromatic amines is 1. The summed E-state index contributed by atoms with van der Waals surface area (Å²) in [5.41, 5.74) is 7.87. The number of hydrogen-bond acceptors (Lipinski definition) is 4. The molecule has 1 heterocycles. The van der Waals surface area contributed by atoms with Gasteiger partial charge in [-0.15, -0.1) is 0 Å². The number of aromatic nitrogens is 2. The zero-order valence-corrected chi connectivity index (χ0v) is 9.78. The van der Waals surface area contributed by atoms with E-state index in [2.05, 4.69) is 15.0 Å². The van der Waals surface area contributed by atoms with Gasteiger partial charge in [-0.1, -0.05) is 5.11 Å². The third kappa shape index (κ3) is 2.15. The van der Waals surface area contributed by atoms with Crippen LogP contribution < -0.4 is 11.2 Å². The molecular weight excluding hydrogens is 238 g/mol. The highest BCUT2D eigenvalue weighted by molar-refractivity contribution is 5.03. The molecule has 8 heteroatoms. The zero-order chi connectivity index (χ0) is 13.3. The summed E-state index contributed by atoms with van der Waals surface area (Å²) in [7, 11) is 0. The van der Waals surface area contributed by atoms with Gasteiger partial charge < -0.3 is 5.11 Å². The van der Waals surface area contributed by atoms with Gasteiger partial charge in [-0.25, -0.2) is 4.79 Å². The van der Waals surface area contributed by atoms with Crippen molar-refractivity contribution >= 4 is 0 Å². The summed E-state index contributed by atoms with van der Waals surface area (Å²) in [4.78, 5) is 27.8. The third-order valence-corrected chi connectivity index (χ3v) is 3.21. The van der Waals surface area contributed by atoms with Crippen LogP contribution in [0.25, 0.3) is 10.4 Å². The maximum atomic E-state index is 11.7. The Morgan fingerprint density at radius 3 is 2.94 bits per heavy atom. The topological polar surface area (TPSA) is 124 Å². The minimum Gasteiger partial charge on any atom is -0.393 e. The van der Waals surface area contributed by atoms with Crippen LogP contribution in [0, 0.1) is 6.92 Å². The lowest BCUT2D eigenvalue weighted by Crippen LogP contribution is -2.32.